The van der Waals surface area contributed by atoms with E-state index in [0.717, 1.165) is 18.7 Å². The number of aromatic nitrogens is 2. The Morgan fingerprint density at radius 2 is 1.92 bits per heavy atom. The molecule has 12 heavy (non-hydrogen) atoms. The summed E-state index contributed by atoms with van der Waals surface area (Å²) in [5, 5.41) is 4.32. The van der Waals surface area contributed by atoms with E-state index in [1.165, 1.54) is 5.56 Å². The number of aryl methyl sites for hydroxylation is 3. The maximum absolute atomic E-state index is 4.32. The Morgan fingerprint density at radius 1 is 1.33 bits per heavy atom. The van der Waals surface area contributed by atoms with E-state index < -0.39 is 0 Å². The summed E-state index contributed by atoms with van der Waals surface area (Å²) in [4.78, 5) is 0. The minimum absolute atomic E-state index is 1.04. The molecule has 0 radical (unpaired) electrons. The summed E-state index contributed by atoms with van der Waals surface area (Å²) >= 11 is 0. The summed E-state index contributed by atoms with van der Waals surface area (Å²) in [5.41, 5.74) is 2.43. The van der Waals surface area contributed by atoms with Gasteiger partial charge < -0.3 is 0 Å². The van der Waals surface area contributed by atoms with E-state index in [1.54, 1.807) is 0 Å². The van der Waals surface area contributed by atoms with Crippen molar-refractivity contribution in [2.75, 3.05) is 0 Å². The molecule has 1 aromatic heterocycles. The predicted molar refractivity (Wildman–Crippen MR) is 53.3 cm³/mol. The summed E-state index contributed by atoms with van der Waals surface area (Å²) in [6, 6.07) is 0. The maximum Gasteiger partial charge on any atom is 0.0622 e. The average molecular weight is 168 g/mol. The first-order valence-corrected chi connectivity index (χ1v) is 4.74. The van der Waals surface area contributed by atoms with Gasteiger partial charge in [-0.15, -0.1) is 0 Å². The van der Waals surface area contributed by atoms with Crippen LogP contribution >= 0.6 is 0 Å². The second-order valence-electron chi connectivity index (χ2n) is 2.66. The molecule has 0 saturated carbocycles. The molecule has 0 bridgehead atoms. The molecule has 0 aliphatic rings. The smallest absolute Gasteiger partial charge is 0.0622 e. The number of rotatable bonds is 2. The fourth-order valence-electron chi connectivity index (χ4n) is 0.961. The van der Waals surface area contributed by atoms with Gasteiger partial charge in [0.05, 0.1) is 5.69 Å². The molecule has 70 valence electrons. The van der Waals surface area contributed by atoms with Crippen LogP contribution < -0.4 is 0 Å². The van der Waals surface area contributed by atoms with Gasteiger partial charge in [0.25, 0.3) is 0 Å². The monoisotopic (exact) mass is 168 g/mol. The molecule has 1 heterocycles. The molecule has 0 fully saturated rings. The summed E-state index contributed by atoms with van der Waals surface area (Å²) in [7, 11) is 0. The molecule has 2 nitrogen and oxygen atoms in total. The van der Waals surface area contributed by atoms with Gasteiger partial charge in [-0.2, -0.15) is 5.10 Å². The van der Waals surface area contributed by atoms with E-state index in [0.29, 0.717) is 0 Å². The molecule has 0 saturated heterocycles. The van der Waals surface area contributed by atoms with Gasteiger partial charge in [-0.05, 0) is 25.8 Å². The fraction of sp³-hybridized carbons (Fsp3) is 0.700. The van der Waals surface area contributed by atoms with Crippen LogP contribution in [0.15, 0.2) is 6.20 Å². The molecular weight excluding hydrogens is 148 g/mol. The SMILES string of the molecule is CC.CCCn1cc(C)c(C)n1. The van der Waals surface area contributed by atoms with Gasteiger partial charge in [0.15, 0.2) is 0 Å². The van der Waals surface area contributed by atoms with Gasteiger partial charge in [0, 0.05) is 12.7 Å². The lowest BCUT2D eigenvalue weighted by Crippen LogP contribution is -1.96. The van der Waals surface area contributed by atoms with E-state index >= 15 is 0 Å². The van der Waals surface area contributed by atoms with Gasteiger partial charge in [0.1, 0.15) is 0 Å². The Morgan fingerprint density at radius 3 is 2.25 bits per heavy atom. The Labute approximate surface area is 75.6 Å². The second-order valence-corrected chi connectivity index (χ2v) is 2.66. The van der Waals surface area contributed by atoms with Crippen LogP contribution in [0.5, 0.6) is 0 Å². The first-order chi connectivity index (χ1) is 5.74. The van der Waals surface area contributed by atoms with Crippen LogP contribution in [0, 0.1) is 13.8 Å². The van der Waals surface area contributed by atoms with Crippen molar-refractivity contribution >= 4 is 0 Å². The quantitative estimate of drug-likeness (QED) is 0.664. The summed E-state index contributed by atoms with van der Waals surface area (Å²) in [5.74, 6) is 0. The Balaban J connectivity index is 0.000000561. The third-order valence-electron chi connectivity index (χ3n) is 1.64. The van der Waals surface area contributed by atoms with Crippen molar-refractivity contribution in [3.63, 3.8) is 0 Å². The van der Waals surface area contributed by atoms with Crippen molar-refractivity contribution in [2.45, 2.75) is 47.6 Å². The minimum atomic E-state index is 1.04. The molecular formula is C10H20N2. The van der Waals surface area contributed by atoms with Crippen molar-refractivity contribution in [3.05, 3.63) is 17.5 Å². The van der Waals surface area contributed by atoms with Crippen LogP contribution in [0.4, 0.5) is 0 Å². The zero-order valence-electron chi connectivity index (χ0n) is 8.89. The van der Waals surface area contributed by atoms with Crippen molar-refractivity contribution in [2.24, 2.45) is 0 Å². The van der Waals surface area contributed by atoms with E-state index in [9.17, 15) is 0 Å². The molecule has 0 N–H and O–H groups in total. The number of hydrogen-bond donors (Lipinski definition) is 0. The number of nitrogens with zero attached hydrogens (tertiary/aromatic N) is 2. The van der Waals surface area contributed by atoms with Crippen molar-refractivity contribution < 1.29 is 0 Å². The molecule has 0 aliphatic heterocycles. The van der Waals surface area contributed by atoms with Crippen molar-refractivity contribution in [3.8, 4) is 0 Å². The first-order valence-electron chi connectivity index (χ1n) is 4.74. The van der Waals surface area contributed by atoms with Gasteiger partial charge in [0.2, 0.25) is 0 Å². The standard InChI is InChI=1S/C8H14N2.C2H6/c1-4-5-10-6-7(2)8(3)9-10;1-2/h6H,4-5H2,1-3H3;1-2H3. The highest BCUT2D eigenvalue weighted by atomic mass is 15.3. The van der Waals surface area contributed by atoms with E-state index in [4.69, 9.17) is 0 Å². The summed E-state index contributed by atoms with van der Waals surface area (Å²) in [6.45, 7) is 11.3. The van der Waals surface area contributed by atoms with Crippen LogP contribution in [0.25, 0.3) is 0 Å². The first kappa shape index (κ1) is 11.2. The molecule has 0 amide bonds. The number of hydrogen-bond acceptors (Lipinski definition) is 1. The average Bonchev–Trinajstić information content (AvgIpc) is 2.36. The zero-order chi connectivity index (χ0) is 9.56. The van der Waals surface area contributed by atoms with Crippen LogP contribution in [0.1, 0.15) is 38.4 Å². The van der Waals surface area contributed by atoms with Gasteiger partial charge in [-0.3, -0.25) is 4.68 Å². The maximum atomic E-state index is 4.32. The van der Waals surface area contributed by atoms with Crippen LogP contribution in [-0.4, -0.2) is 9.78 Å². The Hall–Kier alpha value is -0.790. The van der Waals surface area contributed by atoms with Crippen LogP contribution in [0.2, 0.25) is 0 Å². The van der Waals surface area contributed by atoms with Crippen LogP contribution in [0.3, 0.4) is 0 Å². The largest absolute Gasteiger partial charge is 0.272 e. The summed E-state index contributed by atoms with van der Waals surface area (Å²) < 4.78 is 2.00. The second kappa shape index (κ2) is 5.81. The minimum Gasteiger partial charge on any atom is -0.272 e. The molecule has 0 unspecified atom stereocenters. The van der Waals surface area contributed by atoms with Crippen LogP contribution in [-0.2, 0) is 6.54 Å². The summed E-state index contributed by atoms with van der Waals surface area (Å²) in [6.07, 6.45) is 3.25. The predicted octanol–water partition coefficient (Wildman–Crippen LogP) is 2.94. The molecule has 2 heteroatoms. The molecule has 0 aromatic carbocycles. The topological polar surface area (TPSA) is 17.8 Å². The highest BCUT2D eigenvalue weighted by molar-refractivity contribution is 5.12. The van der Waals surface area contributed by atoms with Crippen molar-refractivity contribution in [1.82, 2.24) is 9.78 Å². The third kappa shape index (κ3) is 3.07. The Kier molecular flexibility index (Phi) is 5.43. The molecule has 1 aromatic rings. The lowest BCUT2D eigenvalue weighted by atomic mass is 10.3. The zero-order valence-corrected chi connectivity index (χ0v) is 8.89. The van der Waals surface area contributed by atoms with Gasteiger partial charge >= 0.3 is 0 Å². The van der Waals surface area contributed by atoms with E-state index in [-0.39, 0.29) is 0 Å². The Bertz CT molecular complexity index is 194. The lowest BCUT2D eigenvalue weighted by molar-refractivity contribution is 0.598. The van der Waals surface area contributed by atoms with E-state index in [1.807, 2.05) is 25.5 Å². The molecule has 0 atom stereocenters. The molecule has 0 aliphatic carbocycles. The van der Waals surface area contributed by atoms with Gasteiger partial charge in [-0.25, -0.2) is 0 Å². The normalized spacial score (nSPS) is 9.08. The lowest BCUT2D eigenvalue weighted by Gasteiger charge is -1.93. The molecule has 0 spiro atoms. The fourth-order valence-corrected chi connectivity index (χ4v) is 0.961. The van der Waals surface area contributed by atoms with Gasteiger partial charge in [-0.1, -0.05) is 20.8 Å². The third-order valence-corrected chi connectivity index (χ3v) is 1.64. The van der Waals surface area contributed by atoms with E-state index in [2.05, 4.69) is 25.1 Å². The molecule has 1 rings (SSSR count). The highest BCUT2D eigenvalue weighted by Gasteiger charge is 1.96. The highest BCUT2D eigenvalue weighted by Crippen LogP contribution is 2.02. The van der Waals surface area contributed by atoms with Crippen molar-refractivity contribution in [1.29, 1.82) is 0 Å².